The van der Waals surface area contributed by atoms with E-state index in [4.69, 9.17) is 0 Å². The highest BCUT2D eigenvalue weighted by molar-refractivity contribution is 5.96. The standard InChI is InChI=1S/C14H15N3O3/c1-14(13(19)20,10-6-4-3-5-7-10)16-12(18)11-8-9-15-17(11)2/h3-9H,1-2H3,(H,16,18)(H,19,20). The first-order valence-corrected chi connectivity index (χ1v) is 6.04. The highest BCUT2D eigenvalue weighted by Gasteiger charge is 2.37. The quantitative estimate of drug-likeness (QED) is 0.875. The second-order valence-corrected chi connectivity index (χ2v) is 4.59. The summed E-state index contributed by atoms with van der Waals surface area (Å²) in [4.78, 5) is 23.8. The highest BCUT2D eigenvalue weighted by atomic mass is 16.4. The smallest absolute Gasteiger partial charge is 0.333 e. The summed E-state index contributed by atoms with van der Waals surface area (Å²) in [7, 11) is 1.62. The predicted molar refractivity (Wildman–Crippen MR) is 72.1 cm³/mol. The van der Waals surface area contributed by atoms with Crippen LogP contribution in [0.5, 0.6) is 0 Å². The van der Waals surface area contributed by atoms with Crippen LogP contribution in [0, 0.1) is 0 Å². The minimum atomic E-state index is -1.50. The second-order valence-electron chi connectivity index (χ2n) is 4.59. The number of aromatic nitrogens is 2. The van der Waals surface area contributed by atoms with E-state index < -0.39 is 17.4 Å². The van der Waals surface area contributed by atoms with Gasteiger partial charge in [-0.05, 0) is 18.6 Å². The van der Waals surface area contributed by atoms with Crippen LogP contribution >= 0.6 is 0 Å². The fourth-order valence-electron chi connectivity index (χ4n) is 1.91. The lowest BCUT2D eigenvalue weighted by Crippen LogP contribution is -2.49. The maximum absolute atomic E-state index is 12.2. The van der Waals surface area contributed by atoms with Gasteiger partial charge in [0.2, 0.25) is 0 Å². The molecule has 1 amide bonds. The molecule has 2 rings (SSSR count). The zero-order chi connectivity index (χ0) is 14.8. The van der Waals surface area contributed by atoms with Crippen molar-refractivity contribution in [3.05, 3.63) is 53.9 Å². The van der Waals surface area contributed by atoms with Crippen LogP contribution in [0.2, 0.25) is 0 Å². The van der Waals surface area contributed by atoms with Gasteiger partial charge in [-0.1, -0.05) is 30.3 Å². The maximum atomic E-state index is 12.2. The van der Waals surface area contributed by atoms with Crippen LogP contribution in [0.3, 0.4) is 0 Å². The Morgan fingerprint density at radius 3 is 2.40 bits per heavy atom. The van der Waals surface area contributed by atoms with Crippen molar-refractivity contribution in [3.63, 3.8) is 0 Å². The summed E-state index contributed by atoms with van der Waals surface area (Å²) in [5, 5.41) is 15.9. The zero-order valence-corrected chi connectivity index (χ0v) is 11.2. The summed E-state index contributed by atoms with van der Waals surface area (Å²) >= 11 is 0. The van der Waals surface area contributed by atoms with Gasteiger partial charge in [-0.3, -0.25) is 9.48 Å². The number of carboxylic acids is 1. The van der Waals surface area contributed by atoms with Crippen molar-refractivity contribution in [2.75, 3.05) is 0 Å². The third-order valence-electron chi connectivity index (χ3n) is 3.20. The van der Waals surface area contributed by atoms with E-state index >= 15 is 0 Å². The predicted octanol–water partition coefficient (Wildman–Crippen LogP) is 1.15. The van der Waals surface area contributed by atoms with E-state index in [-0.39, 0.29) is 0 Å². The molecule has 6 heteroatoms. The summed E-state index contributed by atoms with van der Waals surface area (Å²) in [6.45, 7) is 1.46. The van der Waals surface area contributed by atoms with Crippen molar-refractivity contribution in [1.82, 2.24) is 15.1 Å². The molecule has 1 heterocycles. The molecule has 0 aliphatic rings. The number of benzene rings is 1. The number of carbonyl (C=O) groups is 2. The molecule has 1 aromatic heterocycles. The van der Waals surface area contributed by atoms with E-state index in [0.29, 0.717) is 11.3 Å². The normalized spacial score (nSPS) is 13.5. The molecule has 1 unspecified atom stereocenters. The number of carboxylic acid groups (broad SMARTS) is 1. The number of hydrogen-bond acceptors (Lipinski definition) is 3. The first kappa shape index (κ1) is 13.8. The van der Waals surface area contributed by atoms with Gasteiger partial charge in [-0.2, -0.15) is 5.10 Å². The van der Waals surface area contributed by atoms with Crippen LogP contribution in [0.15, 0.2) is 42.6 Å². The molecule has 104 valence electrons. The summed E-state index contributed by atoms with van der Waals surface area (Å²) in [6.07, 6.45) is 1.48. The minimum absolute atomic E-state index is 0.299. The largest absolute Gasteiger partial charge is 0.479 e. The number of nitrogens with one attached hydrogen (secondary N) is 1. The van der Waals surface area contributed by atoms with E-state index in [1.54, 1.807) is 37.4 Å². The van der Waals surface area contributed by atoms with Gasteiger partial charge in [0.15, 0.2) is 5.54 Å². The summed E-state index contributed by atoms with van der Waals surface area (Å²) < 4.78 is 1.39. The zero-order valence-electron chi connectivity index (χ0n) is 11.2. The van der Waals surface area contributed by atoms with Crippen molar-refractivity contribution in [2.45, 2.75) is 12.5 Å². The number of aryl methyl sites for hydroxylation is 1. The van der Waals surface area contributed by atoms with E-state index in [1.807, 2.05) is 0 Å². The number of nitrogens with zero attached hydrogens (tertiary/aromatic N) is 2. The molecule has 0 saturated carbocycles. The van der Waals surface area contributed by atoms with Crippen molar-refractivity contribution in [2.24, 2.45) is 7.05 Å². The first-order chi connectivity index (χ1) is 9.45. The molecule has 0 fully saturated rings. The van der Waals surface area contributed by atoms with Crippen molar-refractivity contribution in [1.29, 1.82) is 0 Å². The molecule has 0 spiro atoms. The average Bonchev–Trinajstić information content (AvgIpc) is 2.85. The third-order valence-corrected chi connectivity index (χ3v) is 3.20. The lowest BCUT2D eigenvalue weighted by atomic mass is 9.92. The summed E-state index contributed by atoms with van der Waals surface area (Å²) in [5.41, 5.74) is -0.695. The Morgan fingerprint density at radius 2 is 1.90 bits per heavy atom. The first-order valence-electron chi connectivity index (χ1n) is 6.04. The average molecular weight is 273 g/mol. The maximum Gasteiger partial charge on any atom is 0.333 e. The molecular weight excluding hydrogens is 258 g/mol. The molecule has 0 aliphatic carbocycles. The van der Waals surface area contributed by atoms with Crippen molar-refractivity contribution < 1.29 is 14.7 Å². The Bertz CT molecular complexity index is 636. The van der Waals surface area contributed by atoms with Gasteiger partial charge in [-0.15, -0.1) is 0 Å². The number of rotatable bonds is 4. The number of hydrogen-bond donors (Lipinski definition) is 2. The lowest BCUT2D eigenvalue weighted by molar-refractivity contribution is -0.144. The molecule has 1 atom stereocenters. The number of amides is 1. The van der Waals surface area contributed by atoms with Crippen LogP contribution in [-0.2, 0) is 17.4 Å². The molecule has 0 bridgehead atoms. The van der Waals surface area contributed by atoms with E-state index in [9.17, 15) is 14.7 Å². The fourth-order valence-corrected chi connectivity index (χ4v) is 1.91. The lowest BCUT2D eigenvalue weighted by Gasteiger charge is -2.26. The topological polar surface area (TPSA) is 84.2 Å². The Hall–Kier alpha value is -2.63. The Balaban J connectivity index is 2.34. The van der Waals surface area contributed by atoms with Crippen molar-refractivity contribution in [3.8, 4) is 0 Å². The molecule has 1 aromatic carbocycles. The van der Waals surface area contributed by atoms with Crippen LogP contribution in [-0.4, -0.2) is 26.8 Å². The molecular formula is C14H15N3O3. The van der Waals surface area contributed by atoms with Crippen molar-refractivity contribution >= 4 is 11.9 Å². The van der Waals surface area contributed by atoms with Gasteiger partial charge in [0.05, 0.1) is 0 Å². The third kappa shape index (κ3) is 2.40. The molecule has 2 aromatic rings. The minimum Gasteiger partial charge on any atom is -0.479 e. The van der Waals surface area contributed by atoms with Gasteiger partial charge in [-0.25, -0.2) is 4.79 Å². The molecule has 0 aliphatic heterocycles. The van der Waals surface area contributed by atoms with Gasteiger partial charge >= 0.3 is 5.97 Å². The van der Waals surface area contributed by atoms with E-state index in [1.165, 1.54) is 23.9 Å². The van der Waals surface area contributed by atoms with Crippen LogP contribution in [0.1, 0.15) is 23.0 Å². The van der Waals surface area contributed by atoms with E-state index in [2.05, 4.69) is 10.4 Å². The molecule has 0 saturated heterocycles. The Kier molecular flexibility index (Phi) is 3.56. The Labute approximate surface area is 116 Å². The second kappa shape index (κ2) is 5.16. The van der Waals surface area contributed by atoms with Gasteiger partial charge in [0.1, 0.15) is 5.69 Å². The molecule has 20 heavy (non-hydrogen) atoms. The fraction of sp³-hybridized carbons (Fsp3) is 0.214. The summed E-state index contributed by atoms with van der Waals surface area (Å²) in [5.74, 6) is -1.61. The van der Waals surface area contributed by atoms with Crippen LogP contribution in [0.25, 0.3) is 0 Å². The monoisotopic (exact) mass is 273 g/mol. The van der Waals surface area contributed by atoms with Gasteiger partial charge in [0, 0.05) is 13.2 Å². The number of aliphatic carboxylic acids is 1. The summed E-state index contributed by atoms with van der Waals surface area (Å²) in [6, 6.07) is 10.1. The Morgan fingerprint density at radius 1 is 1.25 bits per heavy atom. The molecule has 0 radical (unpaired) electrons. The molecule has 6 nitrogen and oxygen atoms in total. The van der Waals surface area contributed by atoms with Crippen LogP contribution < -0.4 is 5.32 Å². The highest BCUT2D eigenvalue weighted by Crippen LogP contribution is 2.21. The van der Waals surface area contributed by atoms with Gasteiger partial charge in [0.25, 0.3) is 5.91 Å². The number of carbonyl (C=O) groups excluding carboxylic acids is 1. The molecule has 2 N–H and O–H groups in total. The van der Waals surface area contributed by atoms with Gasteiger partial charge < -0.3 is 10.4 Å². The SMILES string of the molecule is Cn1nccc1C(=O)NC(C)(C(=O)O)c1ccccc1. The van der Waals surface area contributed by atoms with E-state index in [0.717, 1.165) is 0 Å². The van der Waals surface area contributed by atoms with Crippen LogP contribution in [0.4, 0.5) is 0 Å².